The summed E-state index contributed by atoms with van der Waals surface area (Å²) in [6.07, 6.45) is 3.70. The third kappa shape index (κ3) is 4.85. The van der Waals surface area contributed by atoms with Crippen molar-refractivity contribution in [3.05, 3.63) is 169 Å². The van der Waals surface area contributed by atoms with Gasteiger partial charge in [0.05, 0.1) is 5.56 Å². The summed E-state index contributed by atoms with van der Waals surface area (Å²) in [6.45, 7) is 4.66. The molecule has 1 aliphatic carbocycles. The topological polar surface area (TPSA) is 64.7 Å². The first kappa shape index (κ1) is 30.1. The van der Waals surface area contributed by atoms with E-state index in [4.69, 9.17) is 19.4 Å². The van der Waals surface area contributed by atoms with Gasteiger partial charge < -0.3 is 4.42 Å². The maximum Gasteiger partial charge on any atom is 0.167 e. The fraction of sp³-hybridized carbons (Fsp3) is 0.0638. The molecule has 5 heteroatoms. The average molecular weight is 669 g/mol. The minimum atomic E-state index is -0.192. The number of pyridine rings is 1. The highest BCUT2D eigenvalue weighted by Crippen LogP contribution is 2.51. The van der Waals surface area contributed by atoms with Gasteiger partial charge in [0.2, 0.25) is 0 Å². The van der Waals surface area contributed by atoms with E-state index >= 15 is 0 Å². The summed E-state index contributed by atoms with van der Waals surface area (Å²) in [6, 6.07) is 50.7. The van der Waals surface area contributed by atoms with E-state index in [1.165, 1.54) is 33.4 Å². The second-order valence-electron chi connectivity index (χ2n) is 13.9. The van der Waals surface area contributed by atoms with Crippen molar-refractivity contribution in [2.75, 3.05) is 0 Å². The second kappa shape index (κ2) is 11.7. The van der Waals surface area contributed by atoms with Gasteiger partial charge in [0.1, 0.15) is 11.2 Å². The van der Waals surface area contributed by atoms with Gasteiger partial charge in [-0.2, -0.15) is 0 Å². The minimum absolute atomic E-state index is 0.192. The highest BCUT2D eigenvalue weighted by atomic mass is 16.3. The van der Waals surface area contributed by atoms with Crippen molar-refractivity contribution in [3.8, 4) is 67.5 Å². The predicted molar refractivity (Wildman–Crippen MR) is 210 cm³/mol. The summed E-state index contributed by atoms with van der Waals surface area (Å²) in [4.78, 5) is 19.4. The van der Waals surface area contributed by atoms with Crippen LogP contribution < -0.4 is 0 Å². The van der Waals surface area contributed by atoms with Crippen molar-refractivity contribution in [3.63, 3.8) is 0 Å². The second-order valence-corrected chi connectivity index (χ2v) is 13.9. The first-order valence-corrected chi connectivity index (χ1v) is 17.5. The molecule has 3 aromatic heterocycles. The first-order chi connectivity index (χ1) is 25.5. The molecular weight excluding hydrogens is 637 g/mol. The van der Waals surface area contributed by atoms with Crippen LogP contribution in [0.1, 0.15) is 25.0 Å². The molecule has 0 N–H and O–H groups in total. The van der Waals surface area contributed by atoms with E-state index in [0.29, 0.717) is 17.5 Å². The van der Waals surface area contributed by atoms with E-state index in [2.05, 4.69) is 91.6 Å². The lowest BCUT2D eigenvalue weighted by Gasteiger charge is -2.22. The van der Waals surface area contributed by atoms with Crippen molar-refractivity contribution < 1.29 is 4.42 Å². The fourth-order valence-electron chi connectivity index (χ4n) is 7.73. The Hall–Kier alpha value is -6.72. The Balaban J connectivity index is 1.17. The first-order valence-electron chi connectivity index (χ1n) is 17.5. The largest absolute Gasteiger partial charge is 0.455 e. The zero-order valence-electron chi connectivity index (χ0n) is 28.7. The molecule has 3 heterocycles. The van der Waals surface area contributed by atoms with E-state index in [0.717, 1.165) is 49.8 Å². The third-order valence-corrected chi connectivity index (χ3v) is 10.4. The molecule has 9 aromatic rings. The van der Waals surface area contributed by atoms with Crippen molar-refractivity contribution in [1.82, 2.24) is 19.9 Å². The summed E-state index contributed by atoms with van der Waals surface area (Å²) >= 11 is 0. The highest BCUT2D eigenvalue weighted by Gasteiger charge is 2.36. The molecule has 0 spiro atoms. The van der Waals surface area contributed by atoms with Crippen LogP contribution in [0.4, 0.5) is 0 Å². The van der Waals surface area contributed by atoms with Crippen LogP contribution in [0, 0.1) is 0 Å². The Bertz CT molecular complexity index is 2750. The number of fused-ring (bicyclic) bond motifs is 6. The SMILES string of the molecule is CC1(C)c2cc(-c3ccncc3)ccc2-c2ccc(-c3cc(-c4nc(-c5ccccc5)nc(-c5ccccc5)n4)c4oc5ccccc5c4c3)cc21. The molecule has 246 valence electrons. The smallest absolute Gasteiger partial charge is 0.167 e. The number of para-hydroxylation sites is 1. The Morgan fingerprint density at radius 2 is 0.981 bits per heavy atom. The molecule has 0 saturated carbocycles. The van der Waals surface area contributed by atoms with Crippen LogP contribution in [0.2, 0.25) is 0 Å². The minimum Gasteiger partial charge on any atom is -0.455 e. The number of nitrogens with zero attached hydrogens (tertiary/aromatic N) is 4. The van der Waals surface area contributed by atoms with Crippen molar-refractivity contribution in [2.24, 2.45) is 0 Å². The molecule has 5 nitrogen and oxygen atoms in total. The van der Waals surface area contributed by atoms with Crippen LogP contribution in [0.25, 0.3) is 89.5 Å². The number of aromatic nitrogens is 4. The van der Waals surface area contributed by atoms with Crippen molar-refractivity contribution >= 4 is 21.9 Å². The lowest BCUT2D eigenvalue weighted by atomic mass is 9.80. The van der Waals surface area contributed by atoms with E-state index in [-0.39, 0.29) is 5.41 Å². The standard InChI is InChI=1S/C47H32N4O/c1-47(2)40-27-32(29-21-23-48-24-22-29)17-19-35(40)36-20-18-33(28-41(36)47)34-25-38-37-15-9-10-16-42(37)52-43(38)39(26-34)46-50-44(30-11-5-3-6-12-30)49-45(51-46)31-13-7-4-8-14-31/h3-28H,1-2H3. The summed E-state index contributed by atoms with van der Waals surface area (Å²) in [5.41, 5.74) is 13.8. The number of rotatable bonds is 5. The van der Waals surface area contributed by atoms with Crippen molar-refractivity contribution in [2.45, 2.75) is 19.3 Å². The Kier molecular flexibility index (Phi) is 6.77. The summed E-state index contributed by atoms with van der Waals surface area (Å²) in [5.74, 6) is 1.79. The van der Waals surface area contributed by atoms with Gasteiger partial charge in [-0.05, 0) is 87.0 Å². The van der Waals surface area contributed by atoms with Gasteiger partial charge in [-0.25, -0.2) is 15.0 Å². The zero-order valence-corrected chi connectivity index (χ0v) is 28.7. The highest BCUT2D eigenvalue weighted by molar-refractivity contribution is 6.11. The quantitative estimate of drug-likeness (QED) is 0.183. The molecule has 10 rings (SSSR count). The molecule has 0 saturated heterocycles. The molecule has 1 aliphatic rings. The van der Waals surface area contributed by atoms with Gasteiger partial charge in [0.25, 0.3) is 0 Å². The van der Waals surface area contributed by atoms with Gasteiger partial charge >= 0.3 is 0 Å². The number of hydrogen-bond acceptors (Lipinski definition) is 5. The van der Waals surface area contributed by atoms with E-state index < -0.39 is 0 Å². The van der Waals surface area contributed by atoms with Crippen LogP contribution in [-0.2, 0) is 5.41 Å². The van der Waals surface area contributed by atoms with E-state index in [1.54, 1.807) is 0 Å². The number of furan rings is 1. The van der Waals surface area contributed by atoms with Gasteiger partial charge in [-0.3, -0.25) is 4.98 Å². The van der Waals surface area contributed by atoms with Crippen LogP contribution in [0.15, 0.2) is 162 Å². The molecule has 6 aromatic carbocycles. The normalized spacial score (nSPS) is 13.0. The van der Waals surface area contributed by atoms with Crippen LogP contribution in [-0.4, -0.2) is 19.9 Å². The molecule has 0 atom stereocenters. The number of benzene rings is 6. The van der Waals surface area contributed by atoms with Gasteiger partial charge in [-0.1, -0.05) is 117 Å². The molecule has 0 aliphatic heterocycles. The van der Waals surface area contributed by atoms with Crippen molar-refractivity contribution in [1.29, 1.82) is 0 Å². The Morgan fingerprint density at radius 1 is 0.423 bits per heavy atom. The number of hydrogen-bond donors (Lipinski definition) is 0. The molecule has 0 radical (unpaired) electrons. The molecule has 0 amide bonds. The zero-order chi connectivity index (χ0) is 34.8. The van der Waals surface area contributed by atoms with E-state index in [9.17, 15) is 0 Å². The fourth-order valence-corrected chi connectivity index (χ4v) is 7.73. The lowest BCUT2D eigenvalue weighted by Crippen LogP contribution is -2.15. The van der Waals surface area contributed by atoms with Gasteiger partial charge in [-0.15, -0.1) is 0 Å². The van der Waals surface area contributed by atoms with Gasteiger partial charge in [0, 0.05) is 39.7 Å². The van der Waals surface area contributed by atoms with Crippen LogP contribution >= 0.6 is 0 Å². The molecular formula is C47H32N4O. The summed E-state index contributed by atoms with van der Waals surface area (Å²) in [7, 11) is 0. The van der Waals surface area contributed by atoms with Crippen LogP contribution in [0.5, 0.6) is 0 Å². The van der Waals surface area contributed by atoms with Gasteiger partial charge in [0.15, 0.2) is 17.5 Å². The van der Waals surface area contributed by atoms with Crippen LogP contribution in [0.3, 0.4) is 0 Å². The summed E-state index contributed by atoms with van der Waals surface area (Å²) < 4.78 is 6.61. The molecule has 0 unspecified atom stereocenters. The maximum atomic E-state index is 6.61. The predicted octanol–water partition coefficient (Wildman–Crippen LogP) is 11.8. The lowest BCUT2D eigenvalue weighted by molar-refractivity contribution is 0.661. The summed E-state index contributed by atoms with van der Waals surface area (Å²) in [5, 5.41) is 2.08. The monoisotopic (exact) mass is 668 g/mol. The molecule has 52 heavy (non-hydrogen) atoms. The maximum absolute atomic E-state index is 6.61. The Labute approximate surface area is 301 Å². The third-order valence-electron chi connectivity index (χ3n) is 10.4. The van der Waals surface area contributed by atoms with E-state index in [1.807, 2.05) is 85.2 Å². The Morgan fingerprint density at radius 3 is 1.62 bits per heavy atom. The average Bonchev–Trinajstić information content (AvgIpc) is 3.69. The molecule has 0 fully saturated rings. The molecule has 0 bridgehead atoms.